The van der Waals surface area contributed by atoms with Crippen molar-refractivity contribution in [2.75, 3.05) is 40.3 Å². The van der Waals surface area contributed by atoms with Crippen LogP contribution in [0.5, 0.6) is 0 Å². The maximum atomic E-state index is 13.0. The zero-order chi connectivity index (χ0) is 27.3. The quantitative estimate of drug-likeness (QED) is 0.370. The number of halogens is 2. The molecular formula is C27H37Cl2N3O4S2. The Balaban J connectivity index is 1.14. The summed E-state index contributed by atoms with van der Waals surface area (Å²) in [6.07, 6.45) is 5.98. The molecule has 1 aromatic carbocycles. The van der Waals surface area contributed by atoms with E-state index < -0.39 is 10.0 Å². The van der Waals surface area contributed by atoms with Crippen molar-refractivity contribution < 1.29 is 17.9 Å². The molecule has 4 rings (SSSR count). The molecule has 0 bridgehead atoms. The average Bonchev–Trinajstić information content (AvgIpc) is 3.56. The molecule has 1 aliphatic heterocycles. The third-order valence-corrected chi connectivity index (χ3v) is 11.2. The number of thiophene rings is 1. The molecule has 2 heterocycles. The fourth-order valence-corrected chi connectivity index (χ4v) is 8.94. The highest BCUT2D eigenvalue weighted by molar-refractivity contribution is 7.89. The van der Waals surface area contributed by atoms with Gasteiger partial charge in [-0.1, -0.05) is 42.1 Å². The molecule has 210 valence electrons. The molecule has 2 atom stereocenters. The molecule has 2 unspecified atom stereocenters. The molecule has 0 spiro atoms. The van der Waals surface area contributed by atoms with Crippen LogP contribution in [0.25, 0.3) is 0 Å². The molecule has 1 aliphatic carbocycles. The third kappa shape index (κ3) is 7.50. The van der Waals surface area contributed by atoms with Gasteiger partial charge in [-0.3, -0.25) is 4.79 Å². The largest absolute Gasteiger partial charge is 0.367 e. The number of hydrogen-bond donors (Lipinski definition) is 1. The first-order chi connectivity index (χ1) is 18.1. The molecule has 2 aliphatic rings. The second-order valence-electron chi connectivity index (χ2n) is 10.5. The Morgan fingerprint density at radius 3 is 2.61 bits per heavy atom. The van der Waals surface area contributed by atoms with Crippen molar-refractivity contribution in [1.29, 1.82) is 0 Å². The number of rotatable bonds is 11. The number of hydrogen-bond acceptors (Lipinski definition) is 6. The highest BCUT2D eigenvalue weighted by Gasteiger charge is 2.35. The maximum absolute atomic E-state index is 13.0. The van der Waals surface area contributed by atoms with Crippen molar-refractivity contribution in [2.24, 2.45) is 11.8 Å². The lowest BCUT2D eigenvalue weighted by molar-refractivity contribution is -0.127. The lowest BCUT2D eigenvalue weighted by Gasteiger charge is -2.37. The first kappa shape index (κ1) is 29.8. The summed E-state index contributed by atoms with van der Waals surface area (Å²) in [5, 5.41) is 5.60. The van der Waals surface area contributed by atoms with Gasteiger partial charge in [0.15, 0.2) is 0 Å². The minimum Gasteiger partial charge on any atom is -0.367 e. The summed E-state index contributed by atoms with van der Waals surface area (Å²) in [6.45, 7) is 1.08. The molecule has 7 nitrogen and oxygen atoms in total. The smallest absolute Gasteiger partial charge is 0.246 e. The van der Waals surface area contributed by atoms with E-state index in [0.717, 1.165) is 6.42 Å². The number of ether oxygens (including phenoxy) is 1. The van der Waals surface area contributed by atoms with Gasteiger partial charge >= 0.3 is 0 Å². The number of carbonyl (C=O) groups excluding carboxylic acids is 1. The summed E-state index contributed by atoms with van der Waals surface area (Å²) in [5.74, 6) is 1.14. The summed E-state index contributed by atoms with van der Waals surface area (Å²) >= 11 is 13.9. The third-order valence-electron chi connectivity index (χ3n) is 7.67. The first-order valence-electron chi connectivity index (χ1n) is 13.2. The fourth-order valence-electron chi connectivity index (χ4n) is 5.70. The normalized spacial score (nSPS) is 23.6. The number of nitrogens with one attached hydrogen (secondary N) is 1. The minimum absolute atomic E-state index is 0.0275. The molecule has 0 radical (unpaired) electrons. The van der Waals surface area contributed by atoms with Crippen molar-refractivity contribution in [3.8, 4) is 0 Å². The molecule has 1 N–H and O–H groups in total. The van der Waals surface area contributed by atoms with Crippen molar-refractivity contribution in [3.05, 3.63) is 50.6 Å². The number of benzene rings is 1. The van der Waals surface area contributed by atoms with E-state index in [1.165, 1.54) is 53.1 Å². The van der Waals surface area contributed by atoms with E-state index in [1.54, 1.807) is 0 Å². The Bertz CT molecular complexity index is 1170. The molecule has 2 fully saturated rings. The molecule has 1 amide bonds. The second kappa shape index (κ2) is 13.4. The van der Waals surface area contributed by atoms with Crippen LogP contribution in [0.15, 0.2) is 40.6 Å². The monoisotopic (exact) mass is 601 g/mol. The Labute approximate surface area is 240 Å². The van der Waals surface area contributed by atoms with E-state index in [4.69, 9.17) is 27.9 Å². The predicted octanol–water partition coefficient (Wildman–Crippen LogP) is 5.45. The number of nitrogens with zero attached hydrogens (tertiary/aromatic N) is 2. The maximum Gasteiger partial charge on any atom is 0.246 e. The molecule has 1 saturated heterocycles. The summed E-state index contributed by atoms with van der Waals surface area (Å²) in [7, 11) is 0.593. The van der Waals surface area contributed by atoms with Crippen LogP contribution in [0.2, 0.25) is 10.0 Å². The lowest BCUT2D eigenvalue weighted by Crippen LogP contribution is -2.34. The van der Waals surface area contributed by atoms with Gasteiger partial charge in [0.05, 0.1) is 11.1 Å². The van der Waals surface area contributed by atoms with E-state index in [-0.39, 0.29) is 35.1 Å². The molecule has 2 aromatic rings. The van der Waals surface area contributed by atoms with Crippen molar-refractivity contribution >= 4 is 50.5 Å². The Kier molecular flexibility index (Phi) is 10.5. The van der Waals surface area contributed by atoms with E-state index >= 15 is 0 Å². The zero-order valence-electron chi connectivity index (χ0n) is 21.9. The van der Waals surface area contributed by atoms with Gasteiger partial charge in [0.2, 0.25) is 15.9 Å². The molecule has 11 heteroatoms. The van der Waals surface area contributed by atoms with Gasteiger partial charge in [-0.15, -0.1) is 11.3 Å². The van der Waals surface area contributed by atoms with Crippen LogP contribution in [0, 0.1) is 11.8 Å². The highest BCUT2D eigenvalue weighted by atomic mass is 35.5. The van der Waals surface area contributed by atoms with Crippen molar-refractivity contribution in [1.82, 2.24) is 14.5 Å². The molecular weight excluding hydrogens is 565 g/mol. The Morgan fingerprint density at radius 2 is 1.95 bits per heavy atom. The first-order valence-corrected chi connectivity index (χ1v) is 16.3. The van der Waals surface area contributed by atoms with Gasteiger partial charge in [0.1, 0.15) is 11.5 Å². The fraction of sp³-hybridized carbons (Fsp3) is 0.593. The topological polar surface area (TPSA) is 79.0 Å². The molecule has 1 aromatic heterocycles. The van der Waals surface area contributed by atoms with Crippen LogP contribution in [-0.4, -0.2) is 70.0 Å². The highest BCUT2D eigenvalue weighted by Crippen LogP contribution is 2.41. The van der Waals surface area contributed by atoms with Gasteiger partial charge in [-0.2, -0.15) is 4.31 Å². The predicted molar refractivity (Wildman–Crippen MR) is 153 cm³/mol. The average molecular weight is 603 g/mol. The summed E-state index contributed by atoms with van der Waals surface area (Å²) < 4.78 is 33.0. The van der Waals surface area contributed by atoms with Gasteiger partial charge < -0.3 is 15.0 Å². The number of amides is 1. The molecule has 38 heavy (non-hydrogen) atoms. The summed E-state index contributed by atoms with van der Waals surface area (Å²) in [5.41, 5.74) is 0. The van der Waals surface area contributed by atoms with Crippen LogP contribution >= 0.6 is 34.5 Å². The van der Waals surface area contributed by atoms with Crippen LogP contribution in [0.3, 0.4) is 0 Å². The van der Waals surface area contributed by atoms with Crippen LogP contribution < -0.4 is 5.32 Å². The van der Waals surface area contributed by atoms with E-state index in [1.807, 2.05) is 11.3 Å². The van der Waals surface area contributed by atoms with Gasteiger partial charge in [0, 0.05) is 35.6 Å². The summed E-state index contributed by atoms with van der Waals surface area (Å²) in [6, 6.07) is 9.21. The zero-order valence-corrected chi connectivity index (χ0v) is 25.1. The van der Waals surface area contributed by atoms with Gasteiger partial charge in [-0.25, -0.2) is 8.42 Å². The van der Waals surface area contributed by atoms with Gasteiger partial charge in [-0.05, 0) is 81.3 Å². The van der Waals surface area contributed by atoms with Crippen molar-refractivity contribution in [2.45, 2.75) is 55.6 Å². The van der Waals surface area contributed by atoms with E-state index in [2.05, 4.69) is 41.8 Å². The Morgan fingerprint density at radius 1 is 1.18 bits per heavy atom. The second-order valence-corrected chi connectivity index (χ2v) is 14.2. The number of sulfonamides is 1. The minimum atomic E-state index is -3.75. The lowest BCUT2D eigenvalue weighted by atomic mass is 9.76. The molecule has 1 saturated carbocycles. The number of carbonyl (C=O) groups is 1. The van der Waals surface area contributed by atoms with Crippen molar-refractivity contribution in [3.63, 3.8) is 0 Å². The standard InChI is InChI=1S/C27H37Cl2N3O4S2/c1-31(2)27(24-4-3-15-37-24)20-7-5-19(6-8-20)11-13-30-26(33)18-36-22-12-14-32(17-22)38(34,35)25-10-9-21(28)16-23(25)29/h3-4,9-10,15-16,19-20,22,27H,5-8,11-14,17-18H2,1-2H3,(H,30,33). The van der Waals surface area contributed by atoms with Crippen LogP contribution in [0.4, 0.5) is 0 Å². The van der Waals surface area contributed by atoms with Gasteiger partial charge in [0.25, 0.3) is 0 Å². The van der Waals surface area contributed by atoms with Crippen LogP contribution in [-0.2, 0) is 19.6 Å². The van der Waals surface area contributed by atoms with Crippen LogP contribution in [0.1, 0.15) is 49.4 Å². The van der Waals surface area contributed by atoms with E-state index in [0.29, 0.717) is 42.4 Å². The Hall–Kier alpha value is -1.20. The summed E-state index contributed by atoms with van der Waals surface area (Å²) in [4.78, 5) is 16.2. The van der Waals surface area contributed by atoms with E-state index in [9.17, 15) is 13.2 Å². The SMILES string of the molecule is CN(C)C(c1cccs1)C1CCC(CCNC(=O)COC2CCN(S(=O)(=O)c3ccc(Cl)cc3Cl)C2)CC1.